The molecule has 1 aromatic carbocycles. The first-order chi connectivity index (χ1) is 12.1. The van der Waals surface area contributed by atoms with Gasteiger partial charge in [-0.15, -0.1) is 0 Å². The molecule has 1 N–H and O–H groups in total. The van der Waals surface area contributed by atoms with E-state index in [1.807, 2.05) is 12.1 Å². The molecular weight excluding hydrogens is 318 g/mol. The maximum absolute atomic E-state index is 12.0. The van der Waals surface area contributed by atoms with Gasteiger partial charge < -0.3 is 18.9 Å². The van der Waals surface area contributed by atoms with Crippen LogP contribution in [0.1, 0.15) is 47.4 Å². The quantitative estimate of drug-likeness (QED) is 0.688. The summed E-state index contributed by atoms with van der Waals surface area (Å²) in [7, 11) is 0. The largest absolute Gasteiger partial charge is 0.486 e. The van der Waals surface area contributed by atoms with Gasteiger partial charge in [0.1, 0.15) is 23.9 Å². The number of carbonyl (C=O) groups is 1. The van der Waals surface area contributed by atoms with Crippen LogP contribution in [0.5, 0.6) is 5.75 Å². The minimum absolute atomic E-state index is 0.250. The summed E-state index contributed by atoms with van der Waals surface area (Å²) in [5.41, 5.74) is 1.26. The fourth-order valence-corrected chi connectivity index (χ4v) is 2.35. The number of hydrogen-bond donors (Lipinski definition) is 1. The Labute approximate surface area is 146 Å². The second-order valence-electron chi connectivity index (χ2n) is 6.04. The molecule has 25 heavy (non-hydrogen) atoms. The highest BCUT2D eigenvalue weighted by molar-refractivity contribution is 5.91. The Morgan fingerprint density at radius 1 is 1.08 bits per heavy atom. The van der Waals surface area contributed by atoms with Gasteiger partial charge in [0.05, 0.1) is 12.8 Å². The van der Waals surface area contributed by atoms with Crippen molar-refractivity contribution in [2.24, 2.45) is 0 Å². The van der Waals surface area contributed by atoms with Crippen LogP contribution in [0, 0.1) is 0 Å². The van der Waals surface area contributed by atoms with E-state index in [9.17, 15) is 4.79 Å². The number of carbonyl (C=O) groups excluding carboxylic acids is 1. The van der Waals surface area contributed by atoms with Crippen molar-refractivity contribution >= 4 is 5.91 Å². The molecule has 0 spiro atoms. The average molecular weight is 339 g/mol. The molecule has 0 fully saturated rings. The molecule has 0 saturated heterocycles. The van der Waals surface area contributed by atoms with Gasteiger partial charge in [-0.1, -0.05) is 26.0 Å². The van der Waals surface area contributed by atoms with Crippen LogP contribution in [0.25, 0.3) is 0 Å². The van der Waals surface area contributed by atoms with Crippen LogP contribution in [0.3, 0.4) is 0 Å². The summed E-state index contributed by atoms with van der Waals surface area (Å²) in [5.74, 6) is 2.50. The Morgan fingerprint density at radius 2 is 1.88 bits per heavy atom. The molecule has 0 aliphatic rings. The van der Waals surface area contributed by atoms with Crippen molar-refractivity contribution in [3.05, 3.63) is 77.6 Å². The molecule has 130 valence electrons. The van der Waals surface area contributed by atoms with Gasteiger partial charge in [-0.3, -0.25) is 4.79 Å². The van der Waals surface area contributed by atoms with Crippen molar-refractivity contribution in [1.82, 2.24) is 5.32 Å². The average Bonchev–Trinajstić information content (AvgIpc) is 3.30. The minimum atomic E-state index is -0.288. The lowest BCUT2D eigenvalue weighted by Gasteiger charge is -2.08. The summed E-state index contributed by atoms with van der Waals surface area (Å²) in [4.78, 5) is 12.0. The van der Waals surface area contributed by atoms with Crippen LogP contribution >= 0.6 is 0 Å². The Hall–Kier alpha value is -2.95. The van der Waals surface area contributed by atoms with Crippen LogP contribution in [0.2, 0.25) is 0 Å². The summed E-state index contributed by atoms with van der Waals surface area (Å²) in [6, 6.07) is 14.9. The molecule has 0 unspecified atom stereocenters. The first-order valence-electron chi connectivity index (χ1n) is 8.24. The number of benzene rings is 1. The predicted octanol–water partition coefficient (Wildman–Crippen LogP) is 4.51. The summed E-state index contributed by atoms with van der Waals surface area (Å²) in [6.07, 6.45) is 1.57. The second-order valence-corrected chi connectivity index (χ2v) is 6.04. The standard InChI is InChI=1S/C20H21NO4/c1-14(2)15-5-7-16(8-6-15)24-13-18-9-10-19(25-18)20(22)21-12-17-4-3-11-23-17/h3-11,14H,12-13H2,1-2H3,(H,21,22). The fraction of sp³-hybridized carbons (Fsp3) is 0.250. The molecule has 2 heterocycles. The Bertz CT molecular complexity index is 801. The van der Waals surface area contributed by atoms with E-state index in [1.54, 1.807) is 30.5 Å². The molecule has 0 radical (unpaired) electrons. The van der Waals surface area contributed by atoms with E-state index in [2.05, 4.69) is 31.3 Å². The monoisotopic (exact) mass is 339 g/mol. The summed E-state index contributed by atoms with van der Waals surface area (Å²) in [5, 5.41) is 2.74. The number of ether oxygens (including phenoxy) is 1. The van der Waals surface area contributed by atoms with Crippen LogP contribution in [0.15, 0.2) is 63.6 Å². The van der Waals surface area contributed by atoms with Gasteiger partial charge in [0, 0.05) is 0 Å². The molecule has 1 amide bonds. The topological polar surface area (TPSA) is 64.6 Å². The molecule has 0 aliphatic carbocycles. The zero-order chi connectivity index (χ0) is 17.6. The van der Waals surface area contributed by atoms with Crippen molar-refractivity contribution in [3.8, 4) is 5.75 Å². The first-order valence-corrected chi connectivity index (χ1v) is 8.24. The number of amides is 1. The van der Waals surface area contributed by atoms with E-state index < -0.39 is 0 Å². The number of rotatable bonds is 7. The van der Waals surface area contributed by atoms with Crippen molar-refractivity contribution < 1.29 is 18.4 Å². The smallest absolute Gasteiger partial charge is 0.287 e. The van der Waals surface area contributed by atoms with Crippen LogP contribution < -0.4 is 10.1 Å². The lowest BCUT2D eigenvalue weighted by atomic mass is 10.0. The van der Waals surface area contributed by atoms with Crippen molar-refractivity contribution in [3.63, 3.8) is 0 Å². The number of hydrogen-bond acceptors (Lipinski definition) is 4. The fourth-order valence-electron chi connectivity index (χ4n) is 2.35. The molecule has 5 heteroatoms. The van der Waals surface area contributed by atoms with E-state index in [0.717, 1.165) is 5.75 Å². The molecule has 2 aromatic heterocycles. The van der Waals surface area contributed by atoms with E-state index in [0.29, 0.717) is 24.0 Å². The van der Waals surface area contributed by atoms with Gasteiger partial charge in [0.25, 0.3) is 5.91 Å². The van der Waals surface area contributed by atoms with Crippen molar-refractivity contribution in [1.29, 1.82) is 0 Å². The van der Waals surface area contributed by atoms with E-state index in [4.69, 9.17) is 13.6 Å². The van der Waals surface area contributed by atoms with Crippen molar-refractivity contribution in [2.75, 3.05) is 0 Å². The minimum Gasteiger partial charge on any atom is -0.486 e. The van der Waals surface area contributed by atoms with Crippen molar-refractivity contribution in [2.45, 2.75) is 32.9 Å². The summed E-state index contributed by atoms with van der Waals surface area (Å²) >= 11 is 0. The second kappa shape index (κ2) is 7.75. The maximum atomic E-state index is 12.0. The summed E-state index contributed by atoms with van der Waals surface area (Å²) in [6.45, 7) is 4.89. The highest BCUT2D eigenvalue weighted by Crippen LogP contribution is 2.20. The third-order valence-electron chi connectivity index (χ3n) is 3.82. The Morgan fingerprint density at radius 3 is 2.56 bits per heavy atom. The zero-order valence-corrected chi connectivity index (χ0v) is 14.3. The predicted molar refractivity (Wildman–Crippen MR) is 93.4 cm³/mol. The summed E-state index contributed by atoms with van der Waals surface area (Å²) < 4.78 is 16.4. The third kappa shape index (κ3) is 4.53. The molecule has 3 rings (SSSR count). The van der Waals surface area contributed by atoms with Gasteiger partial charge in [-0.2, -0.15) is 0 Å². The Balaban J connectivity index is 1.51. The normalized spacial score (nSPS) is 10.8. The number of furan rings is 2. The highest BCUT2D eigenvalue weighted by atomic mass is 16.5. The van der Waals surface area contributed by atoms with Crippen LogP contribution in [-0.4, -0.2) is 5.91 Å². The third-order valence-corrected chi connectivity index (χ3v) is 3.82. The molecular formula is C20H21NO4. The maximum Gasteiger partial charge on any atom is 0.287 e. The zero-order valence-electron chi connectivity index (χ0n) is 14.3. The van der Waals surface area contributed by atoms with Crippen LogP contribution in [-0.2, 0) is 13.2 Å². The first kappa shape index (κ1) is 16.9. The Kier molecular flexibility index (Phi) is 5.23. The van der Waals surface area contributed by atoms with Gasteiger partial charge >= 0.3 is 0 Å². The molecule has 3 aromatic rings. The number of nitrogens with one attached hydrogen (secondary N) is 1. The lowest BCUT2D eigenvalue weighted by molar-refractivity contribution is 0.0916. The van der Waals surface area contributed by atoms with E-state index in [1.165, 1.54) is 5.56 Å². The lowest BCUT2D eigenvalue weighted by Crippen LogP contribution is -2.21. The molecule has 0 saturated carbocycles. The van der Waals surface area contributed by atoms with Gasteiger partial charge in [-0.05, 0) is 47.9 Å². The molecule has 0 bridgehead atoms. The SMILES string of the molecule is CC(C)c1ccc(OCc2ccc(C(=O)NCc3ccco3)o2)cc1. The van der Waals surface area contributed by atoms with Crippen LogP contribution in [0.4, 0.5) is 0 Å². The van der Waals surface area contributed by atoms with Gasteiger partial charge in [0.15, 0.2) is 5.76 Å². The highest BCUT2D eigenvalue weighted by Gasteiger charge is 2.12. The van der Waals surface area contributed by atoms with E-state index in [-0.39, 0.29) is 18.3 Å². The molecule has 5 nitrogen and oxygen atoms in total. The molecule has 0 aliphatic heterocycles. The van der Waals surface area contributed by atoms with Gasteiger partial charge in [-0.25, -0.2) is 0 Å². The molecule has 0 atom stereocenters. The van der Waals surface area contributed by atoms with Gasteiger partial charge in [0.2, 0.25) is 0 Å². The van der Waals surface area contributed by atoms with E-state index >= 15 is 0 Å².